The molecule has 2 aliphatic rings. The van der Waals surface area contributed by atoms with Crippen molar-refractivity contribution in [3.05, 3.63) is 11.6 Å². The number of hydrogen-bond acceptors (Lipinski definition) is 4. The summed E-state index contributed by atoms with van der Waals surface area (Å²) in [6.45, 7) is 11.0. The summed E-state index contributed by atoms with van der Waals surface area (Å²) < 4.78 is 17.2. The number of hydrogen-bond donors (Lipinski definition) is 1. The summed E-state index contributed by atoms with van der Waals surface area (Å²) in [5.41, 5.74) is 0.599. The lowest BCUT2D eigenvalue weighted by atomic mass is 9.75. The topological polar surface area (TPSA) is 56.8 Å². The van der Waals surface area contributed by atoms with Gasteiger partial charge in [-0.1, -0.05) is 26.8 Å². The van der Waals surface area contributed by atoms with E-state index in [2.05, 4.69) is 19.2 Å². The van der Waals surface area contributed by atoms with Gasteiger partial charge in [0, 0.05) is 18.0 Å². The zero-order valence-electron chi connectivity index (χ0n) is 13.5. The Morgan fingerprint density at radius 2 is 2.05 bits per heavy atom. The van der Waals surface area contributed by atoms with Gasteiger partial charge in [-0.15, -0.1) is 0 Å². The molecule has 5 nitrogen and oxygen atoms in total. The van der Waals surface area contributed by atoms with E-state index in [-0.39, 0.29) is 17.2 Å². The summed E-state index contributed by atoms with van der Waals surface area (Å²) in [5.74, 6) is -0.517. The Hall–Kier alpha value is -0.910. The van der Waals surface area contributed by atoms with Gasteiger partial charge in [-0.05, 0) is 18.8 Å². The van der Waals surface area contributed by atoms with E-state index in [0.29, 0.717) is 33.0 Å². The maximum atomic E-state index is 12.0. The van der Waals surface area contributed by atoms with Gasteiger partial charge in [0.1, 0.15) is 6.61 Å². The van der Waals surface area contributed by atoms with Crippen LogP contribution in [0.15, 0.2) is 11.6 Å². The molecule has 0 radical (unpaired) electrons. The van der Waals surface area contributed by atoms with E-state index in [1.165, 1.54) is 0 Å². The fraction of sp³-hybridized carbons (Fsp3) is 0.812. The first-order chi connectivity index (χ1) is 9.91. The van der Waals surface area contributed by atoms with Crippen LogP contribution >= 0.6 is 0 Å². The first-order valence-corrected chi connectivity index (χ1v) is 7.72. The molecule has 1 N–H and O–H groups in total. The van der Waals surface area contributed by atoms with Crippen LogP contribution in [0.3, 0.4) is 0 Å². The van der Waals surface area contributed by atoms with Crippen LogP contribution < -0.4 is 5.32 Å². The second kappa shape index (κ2) is 6.46. The quantitative estimate of drug-likeness (QED) is 0.787. The number of carbonyl (C=O) groups is 1. The van der Waals surface area contributed by atoms with Crippen molar-refractivity contribution in [2.75, 3.05) is 33.0 Å². The van der Waals surface area contributed by atoms with Crippen molar-refractivity contribution >= 4 is 5.91 Å². The molecule has 1 unspecified atom stereocenters. The van der Waals surface area contributed by atoms with Crippen molar-refractivity contribution in [1.29, 1.82) is 0 Å². The molecule has 1 amide bonds. The fourth-order valence-corrected chi connectivity index (χ4v) is 3.09. The molecule has 2 aliphatic heterocycles. The van der Waals surface area contributed by atoms with Crippen LogP contribution in [0.5, 0.6) is 0 Å². The molecule has 2 saturated heterocycles. The van der Waals surface area contributed by atoms with E-state index in [9.17, 15) is 4.79 Å². The van der Waals surface area contributed by atoms with E-state index in [4.69, 9.17) is 14.2 Å². The molecule has 2 fully saturated rings. The van der Waals surface area contributed by atoms with Crippen molar-refractivity contribution in [2.45, 2.75) is 39.9 Å². The lowest BCUT2D eigenvalue weighted by Gasteiger charge is -2.38. The molecular weight excluding hydrogens is 270 g/mol. The lowest BCUT2D eigenvalue weighted by Crippen LogP contribution is -2.50. The van der Waals surface area contributed by atoms with E-state index in [1.807, 2.05) is 19.9 Å². The molecule has 1 atom stereocenters. The first-order valence-electron chi connectivity index (χ1n) is 7.72. The normalized spacial score (nSPS) is 25.5. The van der Waals surface area contributed by atoms with Crippen LogP contribution in [0.4, 0.5) is 0 Å². The minimum atomic E-state index is -0.622. The van der Waals surface area contributed by atoms with Gasteiger partial charge >= 0.3 is 0 Å². The molecule has 5 heteroatoms. The molecule has 21 heavy (non-hydrogen) atoms. The summed E-state index contributed by atoms with van der Waals surface area (Å²) in [6, 6.07) is 0. The Labute approximate surface area is 127 Å². The highest BCUT2D eigenvalue weighted by Crippen LogP contribution is 2.44. The summed E-state index contributed by atoms with van der Waals surface area (Å²) in [6.07, 6.45) is 2.80. The van der Waals surface area contributed by atoms with E-state index in [0.717, 1.165) is 12.0 Å². The number of nitrogens with one attached hydrogen (secondary N) is 1. The van der Waals surface area contributed by atoms with E-state index >= 15 is 0 Å². The van der Waals surface area contributed by atoms with Gasteiger partial charge < -0.3 is 19.5 Å². The van der Waals surface area contributed by atoms with Crippen molar-refractivity contribution in [3.63, 3.8) is 0 Å². The molecular formula is C16H27NO4. The Morgan fingerprint density at radius 3 is 2.67 bits per heavy atom. The van der Waals surface area contributed by atoms with Gasteiger partial charge in [0.2, 0.25) is 5.91 Å². The maximum Gasteiger partial charge on any atom is 0.246 e. The molecule has 0 aromatic heterocycles. The zero-order chi connectivity index (χ0) is 15.5. The van der Waals surface area contributed by atoms with Crippen molar-refractivity contribution < 1.29 is 19.0 Å². The summed E-state index contributed by atoms with van der Waals surface area (Å²) >= 11 is 0. The smallest absolute Gasteiger partial charge is 0.246 e. The molecule has 0 saturated carbocycles. The number of ether oxygens (including phenoxy) is 3. The highest BCUT2D eigenvalue weighted by molar-refractivity contribution is 5.92. The molecule has 0 bridgehead atoms. The average molecular weight is 297 g/mol. The number of rotatable bonds is 5. The molecule has 2 rings (SSSR count). The van der Waals surface area contributed by atoms with Crippen molar-refractivity contribution in [3.8, 4) is 0 Å². The Bertz CT molecular complexity index is 405. The van der Waals surface area contributed by atoms with Gasteiger partial charge in [-0.3, -0.25) is 4.79 Å². The van der Waals surface area contributed by atoms with Gasteiger partial charge in [-0.2, -0.15) is 0 Å². The third-order valence-electron chi connectivity index (χ3n) is 4.41. The molecule has 1 spiro atoms. The molecule has 0 aromatic carbocycles. The molecule has 120 valence electrons. The van der Waals surface area contributed by atoms with Gasteiger partial charge in [-0.25, -0.2) is 0 Å². The fourth-order valence-electron chi connectivity index (χ4n) is 3.09. The van der Waals surface area contributed by atoms with E-state index < -0.39 is 5.79 Å². The Morgan fingerprint density at radius 1 is 1.38 bits per heavy atom. The monoisotopic (exact) mass is 297 g/mol. The SMILES string of the molecule is CCC=C(C)C(=O)NCC(C)(C)C1COCC12OCCO2. The van der Waals surface area contributed by atoms with Gasteiger partial charge in [0.05, 0.1) is 19.8 Å². The van der Waals surface area contributed by atoms with Gasteiger partial charge in [0.25, 0.3) is 0 Å². The molecule has 0 aromatic rings. The Balaban J connectivity index is 1.98. The van der Waals surface area contributed by atoms with Crippen LogP contribution in [-0.4, -0.2) is 44.7 Å². The minimum Gasteiger partial charge on any atom is -0.375 e. The van der Waals surface area contributed by atoms with Crippen LogP contribution in [0, 0.1) is 11.3 Å². The third kappa shape index (κ3) is 3.47. The highest BCUT2D eigenvalue weighted by atomic mass is 16.8. The second-order valence-electron chi connectivity index (χ2n) is 6.54. The lowest BCUT2D eigenvalue weighted by molar-refractivity contribution is -0.197. The standard InChI is InChI=1S/C16H27NO4/c1-5-6-12(2)14(18)17-10-15(3,4)13-9-19-11-16(13)20-7-8-21-16/h6,13H,5,7-11H2,1-4H3,(H,17,18). The van der Waals surface area contributed by atoms with Crippen LogP contribution in [0.2, 0.25) is 0 Å². The van der Waals surface area contributed by atoms with Crippen LogP contribution in [-0.2, 0) is 19.0 Å². The first kappa shape index (κ1) is 16.5. The summed E-state index contributed by atoms with van der Waals surface area (Å²) in [7, 11) is 0. The highest BCUT2D eigenvalue weighted by Gasteiger charge is 2.55. The summed E-state index contributed by atoms with van der Waals surface area (Å²) in [5, 5.41) is 3.02. The Kier molecular flexibility index (Phi) is 5.07. The largest absolute Gasteiger partial charge is 0.375 e. The predicted molar refractivity (Wildman–Crippen MR) is 79.8 cm³/mol. The third-order valence-corrected chi connectivity index (χ3v) is 4.41. The van der Waals surface area contributed by atoms with Crippen LogP contribution in [0.1, 0.15) is 34.1 Å². The van der Waals surface area contributed by atoms with Crippen molar-refractivity contribution in [2.24, 2.45) is 11.3 Å². The number of allylic oxidation sites excluding steroid dienone is 1. The number of amides is 1. The average Bonchev–Trinajstić information content (AvgIpc) is 3.07. The van der Waals surface area contributed by atoms with Gasteiger partial charge in [0.15, 0.2) is 5.79 Å². The zero-order valence-corrected chi connectivity index (χ0v) is 13.5. The molecule has 0 aliphatic carbocycles. The minimum absolute atomic E-state index is 0.00820. The number of carbonyl (C=O) groups excluding carboxylic acids is 1. The maximum absolute atomic E-state index is 12.0. The van der Waals surface area contributed by atoms with Crippen molar-refractivity contribution in [1.82, 2.24) is 5.32 Å². The summed E-state index contributed by atoms with van der Waals surface area (Å²) in [4.78, 5) is 12.0. The predicted octanol–water partition coefficient (Wildman–Crippen LogP) is 1.87. The van der Waals surface area contributed by atoms with Crippen LogP contribution in [0.25, 0.3) is 0 Å². The van der Waals surface area contributed by atoms with E-state index in [1.54, 1.807) is 0 Å². The second-order valence-corrected chi connectivity index (χ2v) is 6.54. The molecule has 2 heterocycles.